The normalized spacial score (nSPS) is 12.8. The molecule has 2 N–H and O–H groups in total. The van der Waals surface area contributed by atoms with Crippen LogP contribution in [0.25, 0.3) is 10.8 Å². The van der Waals surface area contributed by atoms with Crippen molar-refractivity contribution in [2.75, 3.05) is 0 Å². The smallest absolute Gasteiger partial charge is 0.107 e. The summed E-state index contributed by atoms with van der Waals surface area (Å²) in [5, 5.41) is 2.40. The van der Waals surface area contributed by atoms with Crippen molar-refractivity contribution in [1.82, 2.24) is 0 Å². The molecule has 0 radical (unpaired) electrons. The van der Waals surface area contributed by atoms with Crippen LogP contribution < -0.4 is 5.73 Å². The number of hydrogen-bond acceptors (Lipinski definition) is 2. The van der Waals surface area contributed by atoms with Gasteiger partial charge in [-0.25, -0.2) is 0 Å². The van der Waals surface area contributed by atoms with Crippen LogP contribution in [0.2, 0.25) is 4.34 Å². The maximum atomic E-state index is 6.40. The molecule has 0 aliphatic carbocycles. The van der Waals surface area contributed by atoms with Gasteiger partial charge in [0.25, 0.3) is 0 Å². The van der Waals surface area contributed by atoms with Gasteiger partial charge in [-0.2, -0.15) is 0 Å². The molecule has 1 nitrogen and oxygen atoms in total. The Morgan fingerprint density at radius 1 is 1.11 bits per heavy atom. The topological polar surface area (TPSA) is 26.0 Å². The second-order valence-electron chi connectivity index (χ2n) is 4.32. The highest BCUT2D eigenvalue weighted by Crippen LogP contribution is 2.37. The van der Waals surface area contributed by atoms with E-state index in [0.717, 1.165) is 19.2 Å². The Labute approximate surface area is 129 Å². The molecule has 0 saturated carbocycles. The van der Waals surface area contributed by atoms with Crippen molar-refractivity contribution in [2.24, 2.45) is 5.73 Å². The first kappa shape index (κ1) is 13.1. The number of benzene rings is 2. The third-order valence-electron chi connectivity index (χ3n) is 3.13. The first-order valence-electron chi connectivity index (χ1n) is 5.85. The predicted octanol–water partition coefficient (Wildman–Crippen LogP) is 5.37. The molecular formula is C15H11BrClNS. The summed E-state index contributed by atoms with van der Waals surface area (Å²) in [5.41, 5.74) is 7.52. The van der Waals surface area contributed by atoms with Crippen molar-refractivity contribution in [3.05, 3.63) is 67.8 Å². The summed E-state index contributed by atoms with van der Waals surface area (Å²) in [5.74, 6) is 0. The van der Waals surface area contributed by atoms with Gasteiger partial charge in [-0.05, 0) is 38.3 Å². The van der Waals surface area contributed by atoms with Gasteiger partial charge in [0.1, 0.15) is 4.34 Å². The van der Waals surface area contributed by atoms with E-state index in [2.05, 4.69) is 40.2 Å². The SMILES string of the molecule is NC(c1cc(Br)c(Cl)s1)c1cccc2ccccc12. The lowest BCUT2D eigenvalue weighted by atomic mass is 9.98. The number of nitrogens with two attached hydrogens (primary N) is 1. The third kappa shape index (κ3) is 2.43. The van der Waals surface area contributed by atoms with Crippen LogP contribution in [0.5, 0.6) is 0 Å². The zero-order valence-electron chi connectivity index (χ0n) is 9.94. The minimum absolute atomic E-state index is 0.153. The molecule has 0 amide bonds. The number of fused-ring (bicyclic) bond motifs is 1. The summed E-state index contributed by atoms with van der Waals surface area (Å²) in [6.07, 6.45) is 0. The number of hydrogen-bond donors (Lipinski definition) is 1. The number of halogens is 2. The summed E-state index contributed by atoms with van der Waals surface area (Å²) in [7, 11) is 0. The molecule has 0 saturated heterocycles. The molecule has 4 heteroatoms. The second kappa shape index (κ2) is 5.25. The van der Waals surface area contributed by atoms with E-state index in [0.29, 0.717) is 0 Å². The van der Waals surface area contributed by atoms with E-state index >= 15 is 0 Å². The van der Waals surface area contributed by atoms with Crippen molar-refractivity contribution in [3.63, 3.8) is 0 Å². The van der Waals surface area contributed by atoms with E-state index in [1.165, 1.54) is 22.1 Å². The first-order valence-corrected chi connectivity index (χ1v) is 7.83. The molecule has 0 spiro atoms. The summed E-state index contributed by atoms with van der Waals surface area (Å²) in [6.45, 7) is 0. The van der Waals surface area contributed by atoms with Gasteiger partial charge in [-0.1, -0.05) is 54.1 Å². The molecule has 1 unspecified atom stereocenters. The maximum absolute atomic E-state index is 6.40. The summed E-state index contributed by atoms with van der Waals surface area (Å²) in [6, 6.07) is 16.3. The Kier molecular flexibility index (Phi) is 3.63. The predicted molar refractivity (Wildman–Crippen MR) is 87.0 cm³/mol. The molecule has 3 aromatic rings. The fourth-order valence-corrected chi connectivity index (χ4v) is 3.95. The Bertz CT molecular complexity index is 713. The average Bonchev–Trinajstić information content (AvgIpc) is 2.77. The minimum Gasteiger partial charge on any atom is -0.320 e. The Morgan fingerprint density at radius 3 is 2.58 bits per heavy atom. The molecule has 0 aliphatic rings. The largest absolute Gasteiger partial charge is 0.320 e. The minimum atomic E-state index is -0.153. The fourth-order valence-electron chi connectivity index (χ4n) is 2.19. The summed E-state index contributed by atoms with van der Waals surface area (Å²) in [4.78, 5) is 1.06. The maximum Gasteiger partial charge on any atom is 0.107 e. The quantitative estimate of drug-likeness (QED) is 0.659. The summed E-state index contributed by atoms with van der Waals surface area (Å²) < 4.78 is 1.65. The van der Waals surface area contributed by atoms with E-state index in [-0.39, 0.29) is 6.04 Å². The number of thiophene rings is 1. The lowest BCUT2D eigenvalue weighted by Gasteiger charge is -2.13. The van der Waals surface area contributed by atoms with E-state index in [1.807, 2.05) is 24.3 Å². The lowest BCUT2D eigenvalue weighted by Crippen LogP contribution is -2.10. The molecule has 2 aromatic carbocycles. The van der Waals surface area contributed by atoms with Gasteiger partial charge in [0.05, 0.1) is 6.04 Å². The van der Waals surface area contributed by atoms with Crippen molar-refractivity contribution >= 4 is 49.6 Å². The molecule has 1 heterocycles. The Balaban J connectivity index is 2.13. The highest BCUT2D eigenvalue weighted by molar-refractivity contribution is 9.10. The van der Waals surface area contributed by atoms with Crippen LogP contribution in [-0.2, 0) is 0 Å². The second-order valence-corrected chi connectivity index (χ2v) is 6.86. The molecule has 19 heavy (non-hydrogen) atoms. The van der Waals surface area contributed by atoms with Crippen molar-refractivity contribution in [2.45, 2.75) is 6.04 Å². The van der Waals surface area contributed by atoms with E-state index in [9.17, 15) is 0 Å². The van der Waals surface area contributed by atoms with Gasteiger partial charge in [0, 0.05) is 9.35 Å². The fraction of sp³-hybridized carbons (Fsp3) is 0.0667. The molecule has 96 valence electrons. The average molecular weight is 353 g/mol. The third-order valence-corrected chi connectivity index (χ3v) is 5.69. The standard InChI is InChI=1S/C15H11BrClNS/c16-12-8-13(19-15(12)17)14(18)11-7-3-5-9-4-1-2-6-10(9)11/h1-8,14H,18H2. The summed E-state index contributed by atoms with van der Waals surface area (Å²) >= 11 is 11.0. The van der Waals surface area contributed by atoms with Crippen LogP contribution in [-0.4, -0.2) is 0 Å². The zero-order chi connectivity index (χ0) is 13.4. The van der Waals surface area contributed by atoms with Gasteiger partial charge in [0.2, 0.25) is 0 Å². The van der Waals surface area contributed by atoms with Crippen LogP contribution in [0.4, 0.5) is 0 Å². The first-order chi connectivity index (χ1) is 9.16. The molecule has 0 bridgehead atoms. The zero-order valence-corrected chi connectivity index (χ0v) is 13.1. The van der Waals surface area contributed by atoms with Crippen molar-refractivity contribution in [3.8, 4) is 0 Å². The Morgan fingerprint density at radius 2 is 1.84 bits per heavy atom. The van der Waals surface area contributed by atoms with Gasteiger partial charge in [0.15, 0.2) is 0 Å². The monoisotopic (exact) mass is 351 g/mol. The Hall–Kier alpha value is -0.870. The van der Waals surface area contributed by atoms with Crippen molar-refractivity contribution in [1.29, 1.82) is 0 Å². The van der Waals surface area contributed by atoms with Gasteiger partial charge in [-0.15, -0.1) is 11.3 Å². The number of rotatable bonds is 2. The molecule has 3 rings (SSSR count). The van der Waals surface area contributed by atoms with Gasteiger partial charge >= 0.3 is 0 Å². The van der Waals surface area contributed by atoms with E-state index < -0.39 is 0 Å². The molecule has 1 aromatic heterocycles. The lowest BCUT2D eigenvalue weighted by molar-refractivity contribution is 0.903. The van der Waals surface area contributed by atoms with E-state index in [4.69, 9.17) is 17.3 Å². The van der Waals surface area contributed by atoms with Crippen LogP contribution in [0.1, 0.15) is 16.5 Å². The van der Waals surface area contributed by atoms with Gasteiger partial charge < -0.3 is 5.73 Å². The molecular weight excluding hydrogens is 342 g/mol. The van der Waals surface area contributed by atoms with Gasteiger partial charge in [-0.3, -0.25) is 0 Å². The highest BCUT2D eigenvalue weighted by Gasteiger charge is 2.15. The molecule has 1 atom stereocenters. The van der Waals surface area contributed by atoms with E-state index in [1.54, 1.807) is 0 Å². The van der Waals surface area contributed by atoms with Crippen LogP contribution >= 0.6 is 38.9 Å². The van der Waals surface area contributed by atoms with Crippen molar-refractivity contribution < 1.29 is 0 Å². The molecule has 0 aliphatic heterocycles. The molecule has 0 fully saturated rings. The van der Waals surface area contributed by atoms with Crippen LogP contribution in [0.15, 0.2) is 53.0 Å². The van der Waals surface area contributed by atoms with Crippen LogP contribution in [0, 0.1) is 0 Å². The highest BCUT2D eigenvalue weighted by atomic mass is 79.9. The van der Waals surface area contributed by atoms with Crippen LogP contribution in [0.3, 0.4) is 0 Å².